The van der Waals surface area contributed by atoms with Crippen LogP contribution in [0.25, 0.3) is 10.9 Å². The van der Waals surface area contributed by atoms with Crippen molar-refractivity contribution >= 4 is 26.8 Å². The minimum absolute atomic E-state index is 0.0148. The van der Waals surface area contributed by atoms with Crippen molar-refractivity contribution in [1.29, 1.82) is 0 Å². The number of rotatable bonds is 2. The summed E-state index contributed by atoms with van der Waals surface area (Å²) in [5.41, 5.74) is 2.44. The molecule has 1 heterocycles. The summed E-state index contributed by atoms with van der Waals surface area (Å²) in [6.45, 7) is 4.35. The van der Waals surface area contributed by atoms with Crippen LogP contribution in [0.4, 0.5) is 0 Å². The zero-order valence-corrected chi connectivity index (χ0v) is 10.8. The van der Waals surface area contributed by atoms with Crippen LogP contribution in [0.3, 0.4) is 0 Å². The van der Waals surface area contributed by atoms with E-state index in [9.17, 15) is 0 Å². The van der Waals surface area contributed by atoms with Crippen LogP contribution < -0.4 is 5.32 Å². The normalized spacial score (nSPS) is 12.3. The molecule has 0 saturated carbocycles. The number of halogens is 1. The third-order valence-corrected chi connectivity index (χ3v) is 3.62. The van der Waals surface area contributed by atoms with Gasteiger partial charge in [-0.05, 0) is 48.5 Å². The number of hydrogen-bond acceptors (Lipinski definition) is 1. The standard InChI is InChI=1S/C12H15BrN2/c1-12(2,14-3)9-7-15-11-8(9)5-4-6-10(11)13/h4-7,14-15H,1-3H3. The van der Waals surface area contributed by atoms with Crippen molar-refractivity contribution in [3.63, 3.8) is 0 Å². The molecule has 0 spiro atoms. The topological polar surface area (TPSA) is 27.8 Å². The minimum atomic E-state index is -0.0148. The van der Waals surface area contributed by atoms with Gasteiger partial charge in [-0.3, -0.25) is 0 Å². The Morgan fingerprint density at radius 2 is 2.07 bits per heavy atom. The van der Waals surface area contributed by atoms with Crippen molar-refractivity contribution in [2.45, 2.75) is 19.4 Å². The zero-order chi connectivity index (χ0) is 11.1. The third kappa shape index (κ3) is 1.70. The van der Waals surface area contributed by atoms with E-state index >= 15 is 0 Å². The Balaban J connectivity index is 2.69. The minimum Gasteiger partial charge on any atom is -0.360 e. The highest BCUT2D eigenvalue weighted by Gasteiger charge is 2.21. The van der Waals surface area contributed by atoms with Crippen LogP contribution in [0.2, 0.25) is 0 Å². The van der Waals surface area contributed by atoms with Gasteiger partial charge in [0.05, 0.1) is 5.52 Å². The molecule has 0 fully saturated rings. The van der Waals surface area contributed by atoms with Crippen LogP contribution in [-0.2, 0) is 5.54 Å². The van der Waals surface area contributed by atoms with Gasteiger partial charge in [0.1, 0.15) is 0 Å². The van der Waals surface area contributed by atoms with Gasteiger partial charge in [0, 0.05) is 21.6 Å². The first-order valence-electron chi connectivity index (χ1n) is 5.01. The fraction of sp³-hybridized carbons (Fsp3) is 0.333. The number of para-hydroxylation sites is 1. The van der Waals surface area contributed by atoms with Crippen molar-refractivity contribution in [2.24, 2.45) is 0 Å². The molecule has 0 aliphatic heterocycles. The van der Waals surface area contributed by atoms with Crippen LogP contribution in [-0.4, -0.2) is 12.0 Å². The fourth-order valence-corrected chi connectivity index (χ4v) is 2.25. The molecule has 15 heavy (non-hydrogen) atoms. The smallest absolute Gasteiger partial charge is 0.0601 e. The average Bonchev–Trinajstić information content (AvgIpc) is 2.63. The lowest BCUT2D eigenvalue weighted by atomic mass is 9.94. The highest BCUT2D eigenvalue weighted by atomic mass is 79.9. The summed E-state index contributed by atoms with van der Waals surface area (Å²) in [5.74, 6) is 0. The Bertz CT molecular complexity index is 485. The summed E-state index contributed by atoms with van der Waals surface area (Å²) in [6, 6.07) is 6.26. The molecule has 80 valence electrons. The number of aromatic nitrogens is 1. The molecular weight excluding hydrogens is 252 g/mol. The third-order valence-electron chi connectivity index (χ3n) is 2.96. The van der Waals surface area contributed by atoms with Gasteiger partial charge in [0.2, 0.25) is 0 Å². The predicted molar refractivity (Wildman–Crippen MR) is 68.1 cm³/mol. The highest BCUT2D eigenvalue weighted by molar-refractivity contribution is 9.10. The van der Waals surface area contributed by atoms with Crippen LogP contribution in [0.5, 0.6) is 0 Å². The molecule has 1 aromatic heterocycles. The molecule has 2 aromatic rings. The second-order valence-corrected chi connectivity index (χ2v) is 5.09. The second kappa shape index (κ2) is 3.65. The summed E-state index contributed by atoms with van der Waals surface area (Å²) >= 11 is 3.55. The molecule has 2 rings (SSSR count). The molecule has 2 N–H and O–H groups in total. The first-order valence-corrected chi connectivity index (χ1v) is 5.80. The Labute approximate surface area is 98.2 Å². The first kappa shape index (κ1) is 10.7. The van der Waals surface area contributed by atoms with Crippen LogP contribution in [0.1, 0.15) is 19.4 Å². The molecule has 3 heteroatoms. The molecule has 0 radical (unpaired) electrons. The average molecular weight is 267 g/mol. The van der Waals surface area contributed by atoms with Crippen LogP contribution >= 0.6 is 15.9 Å². The molecule has 0 bridgehead atoms. The van der Waals surface area contributed by atoms with E-state index < -0.39 is 0 Å². The molecule has 0 unspecified atom stereocenters. The second-order valence-electron chi connectivity index (χ2n) is 4.24. The summed E-state index contributed by atoms with van der Waals surface area (Å²) < 4.78 is 1.11. The van der Waals surface area contributed by atoms with Crippen molar-refractivity contribution in [1.82, 2.24) is 10.3 Å². The molecule has 0 amide bonds. The van der Waals surface area contributed by atoms with Crippen molar-refractivity contribution in [3.8, 4) is 0 Å². The van der Waals surface area contributed by atoms with Gasteiger partial charge in [-0.25, -0.2) is 0 Å². The van der Waals surface area contributed by atoms with Crippen molar-refractivity contribution < 1.29 is 0 Å². The van der Waals surface area contributed by atoms with Gasteiger partial charge in [0.25, 0.3) is 0 Å². The van der Waals surface area contributed by atoms with Gasteiger partial charge in [0.15, 0.2) is 0 Å². The number of hydrogen-bond donors (Lipinski definition) is 2. The molecule has 1 aromatic carbocycles. The lowest BCUT2D eigenvalue weighted by molar-refractivity contribution is 0.448. The van der Waals surface area contributed by atoms with Gasteiger partial charge in [-0.15, -0.1) is 0 Å². The summed E-state index contributed by atoms with van der Waals surface area (Å²) in [5, 5.41) is 4.59. The quantitative estimate of drug-likeness (QED) is 0.857. The fourth-order valence-electron chi connectivity index (χ4n) is 1.77. The SMILES string of the molecule is CNC(C)(C)c1c[nH]c2c(Br)cccc12. The maximum absolute atomic E-state index is 3.55. The van der Waals surface area contributed by atoms with E-state index in [0.29, 0.717) is 0 Å². The summed E-state index contributed by atoms with van der Waals surface area (Å²) in [4.78, 5) is 3.31. The largest absolute Gasteiger partial charge is 0.360 e. The van der Waals surface area contributed by atoms with Gasteiger partial charge in [-0.1, -0.05) is 12.1 Å². The van der Waals surface area contributed by atoms with E-state index in [1.54, 1.807) is 0 Å². The zero-order valence-electron chi connectivity index (χ0n) is 9.19. The van der Waals surface area contributed by atoms with E-state index in [4.69, 9.17) is 0 Å². The maximum atomic E-state index is 3.55. The predicted octanol–water partition coefficient (Wildman–Crippen LogP) is 3.38. The molecule has 0 aliphatic carbocycles. The van der Waals surface area contributed by atoms with Gasteiger partial charge >= 0.3 is 0 Å². The Hall–Kier alpha value is -0.800. The summed E-state index contributed by atoms with van der Waals surface area (Å²) in [7, 11) is 1.98. The van der Waals surface area contributed by atoms with Gasteiger partial charge in [-0.2, -0.15) is 0 Å². The summed E-state index contributed by atoms with van der Waals surface area (Å²) in [6.07, 6.45) is 2.08. The van der Waals surface area contributed by atoms with E-state index in [1.165, 1.54) is 10.9 Å². The van der Waals surface area contributed by atoms with Crippen molar-refractivity contribution in [3.05, 3.63) is 34.4 Å². The van der Waals surface area contributed by atoms with E-state index in [0.717, 1.165) is 9.99 Å². The number of benzene rings is 1. The molecule has 2 nitrogen and oxygen atoms in total. The molecule has 0 saturated heterocycles. The molecular formula is C12H15BrN2. The van der Waals surface area contributed by atoms with Gasteiger partial charge < -0.3 is 10.3 Å². The highest BCUT2D eigenvalue weighted by Crippen LogP contribution is 2.31. The van der Waals surface area contributed by atoms with E-state index in [-0.39, 0.29) is 5.54 Å². The number of aromatic amines is 1. The van der Waals surface area contributed by atoms with E-state index in [1.807, 2.05) is 7.05 Å². The Kier molecular flexibility index (Phi) is 2.61. The first-order chi connectivity index (χ1) is 7.06. The number of fused-ring (bicyclic) bond motifs is 1. The Morgan fingerprint density at radius 3 is 2.73 bits per heavy atom. The maximum Gasteiger partial charge on any atom is 0.0601 e. The lowest BCUT2D eigenvalue weighted by Gasteiger charge is -2.23. The number of nitrogens with one attached hydrogen (secondary N) is 2. The van der Waals surface area contributed by atoms with Crippen LogP contribution in [0.15, 0.2) is 28.9 Å². The monoisotopic (exact) mass is 266 g/mol. The van der Waals surface area contributed by atoms with Crippen LogP contribution in [0, 0.1) is 0 Å². The Morgan fingerprint density at radius 1 is 1.33 bits per heavy atom. The lowest BCUT2D eigenvalue weighted by Crippen LogP contribution is -2.32. The molecule has 0 atom stereocenters. The van der Waals surface area contributed by atoms with Crippen molar-refractivity contribution in [2.75, 3.05) is 7.05 Å². The van der Waals surface area contributed by atoms with E-state index in [2.05, 4.69) is 64.5 Å². The number of H-pyrrole nitrogens is 1. The molecule has 0 aliphatic rings.